The molecule has 0 saturated carbocycles. The van der Waals surface area contributed by atoms with E-state index in [-0.39, 0.29) is 69.3 Å². The lowest BCUT2D eigenvalue weighted by Crippen LogP contribution is -2.38. The number of Topliss-reactive ketones (excluding diaryl/α,β-unsaturated/α-hetero) is 1. The van der Waals surface area contributed by atoms with Crippen LogP contribution in [0.2, 0.25) is 0 Å². The first-order valence-electron chi connectivity index (χ1n) is 20.9. The lowest BCUT2D eigenvalue weighted by atomic mass is 9.73. The third kappa shape index (κ3) is 6.92. The third-order valence-electron chi connectivity index (χ3n) is 13.4. The molecule has 4 atom stereocenters. The van der Waals surface area contributed by atoms with Gasteiger partial charge in [-0.2, -0.15) is 0 Å². The van der Waals surface area contributed by atoms with Crippen LogP contribution in [0.15, 0.2) is 57.5 Å². The molecule has 8 heteroatoms. The lowest BCUT2D eigenvalue weighted by Gasteiger charge is -2.30. The fourth-order valence-electron chi connectivity index (χ4n) is 9.08. The van der Waals surface area contributed by atoms with Crippen molar-refractivity contribution in [3.8, 4) is 0 Å². The molecule has 4 aliphatic rings. The zero-order valence-electron chi connectivity index (χ0n) is 35.2. The molecule has 8 nitrogen and oxygen atoms in total. The summed E-state index contributed by atoms with van der Waals surface area (Å²) in [6.07, 6.45) is 10.8. The maximum absolute atomic E-state index is 14.7. The van der Waals surface area contributed by atoms with E-state index in [1.807, 2.05) is 38.1 Å². The number of fused-ring (bicyclic) bond motifs is 2. The van der Waals surface area contributed by atoms with E-state index in [0.29, 0.717) is 35.4 Å². The van der Waals surface area contributed by atoms with Gasteiger partial charge in [-0.15, -0.1) is 0 Å². The van der Waals surface area contributed by atoms with Gasteiger partial charge in [0.2, 0.25) is 17.6 Å². The quantitative estimate of drug-likeness (QED) is 0.184. The number of rotatable bonds is 14. The molecule has 2 aliphatic carbocycles. The molecule has 2 aliphatic heterocycles. The predicted molar refractivity (Wildman–Crippen MR) is 223 cm³/mol. The summed E-state index contributed by atoms with van der Waals surface area (Å²) in [4.78, 5) is 51.7. The van der Waals surface area contributed by atoms with Crippen LogP contribution in [0.3, 0.4) is 0 Å². The van der Waals surface area contributed by atoms with E-state index in [9.17, 15) is 19.5 Å². The number of hydrogen-bond acceptors (Lipinski definition) is 6. The number of hydrogen-bond donors (Lipinski definition) is 2. The number of aliphatic imine (C=N–C) groups is 1. The minimum absolute atomic E-state index is 0.0693. The van der Waals surface area contributed by atoms with Crippen LogP contribution in [0.4, 0.5) is 11.4 Å². The number of ketones is 1. The van der Waals surface area contributed by atoms with E-state index >= 15 is 0 Å². The van der Waals surface area contributed by atoms with Crippen LogP contribution in [0.1, 0.15) is 146 Å². The standard InChI is InChI=1S/C46H66N4O4/c1-13-19-21-29(15-3)43(53)47-35-25-37-33(45(9,10)27(7)49(37)17-5)23-31(35)39-41(51)40(42(39)52)32-24-34-38(50(18-6)28(8)46(34,11)12)26-36(32)48-44(54)30(16-4)22-20-14-2/h23-30,51H,13-22H2,1-12H3,(H,47,53)/b40-32-,48-36?. The first kappa shape index (κ1) is 41.2. The molecule has 2 heterocycles. The molecule has 54 heavy (non-hydrogen) atoms. The molecule has 0 radical (unpaired) electrons. The zero-order valence-corrected chi connectivity index (χ0v) is 35.2. The van der Waals surface area contributed by atoms with Crippen molar-refractivity contribution >= 4 is 40.3 Å². The van der Waals surface area contributed by atoms with E-state index in [4.69, 9.17) is 4.99 Å². The maximum Gasteiger partial charge on any atom is 0.249 e. The molecule has 0 bridgehead atoms. The summed E-state index contributed by atoms with van der Waals surface area (Å²) in [5.74, 6) is -1.05. The smallest absolute Gasteiger partial charge is 0.249 e. The number of carbonyl (C=O) groups excluding carboxylic acids is 3. The second kappa shape index (κ2) is 16.0. The van der Waals surface area contributed by atoms with Crippen molar-refractivity contribution in [1.29, 1.82) is 0 Å². The Labute approximate surface area is 324 Å². The number of anilines is 2. The summed E-state index contributed by atoms with van der Waals surface area (Å²) < 4.78 is 0. The first-order valence-corrected chi connectivity index (χ1v) is 20.9. The highest BCUT2D eigenvalue weighted by Gasteiger charge is 2.48. The molecule has 2 N–H and O–H groups in total. The van der Waals surface area contributed by atoms with Gasteiger partial charge in [0.1, 0.15) is 5.76 Å². The van der Waals surface area contributed by atoms with Crippen LogP contribution < -0.4 is 10.2 Å². The average molecular weight is 739 g/mol. The normalized spacial score (nSPS) is 24.6. The van der Waals surface area contributed by atoms with E-state index in [0.717, 1.165) is 74.1 Å². The number of benzene rings is 1. The van der Waals surface area contributed by atoms with E-state index in [1.165, 1.54) is 0 Å². The second-order valence-corrected chi connectivity index (χ2v) is 17.0. The largest absolute Gasteiger partial charge is 0.506 e. The number of allylic oxidation sites excluding steroid dienone is 6. The summed E-state index contributed by atoms with van der Waals surface area (Å²) in [6.45, 7) is 27.4. The molecule has 1 aromatic rings. The Balaban J connectivity index is 1.72. The minimum Gasteiger partial charge on any atom is -0.506 e. The van der Waals surface area contributed by atoms with Crippen LogP contribution in [0, 0.1) is 17.3 Å². The molecule has 0 spiro atoms. The van der Waals surface area contributed by atoms with Gasteiger partial charge in [0, 0.05) is 70.4 Å². The number of nitrogens with zero attached hydrogens (tertiary/aromatic N) is 3. The van der Waals surface area contributed by atoms with Crippen LogP contribution in [-0.4, -0.2) is 58.5 Å². The topological polar surface area (TPSA) is 102 Å². The molecule has 4 unspecified atom stereocenters. The van der Waals surface area contributed by atoms with Crippen LogP contribution in [-0.2, 0) is 19.8 Å². The van der Waals surface area contributed by atoms with Gasteiger partial charge in [-0.05, 0) is 88.8 Å². The van der Waals surface area contributed by atoms with Crippen molar-refractivity contribution in [3.05, 3.63) is 63.6 Å². The number of likely N-dealkylation sites (tertiary alicyclic amines) is 1. The van der Waals surface area contributed by atoms with Gasteiger partial charge in [0.15, 0.2) is 0 Å². The Kier molecular flexibility index (Phi) is 12.2. The molecule has 294 valence electrons. The zero-order chi connectivity index (χ0) is 39.9. The summed E-state index contributed by atoms with van der Waals surface area (Å²) >= 11 is 0. The average Bonchev–Trinajstić information content (AvgIpc) is 3.44. The maximum atomic E-state index is 14.7. The predicted octanol–water partition coefficient (Wildman–Crippen LogP) is 10.3. The van der Waals surface area contributed by atoms with Crippen LogP contribution in [0.25, 0.3) is 5.57 Å². The Hall–Kier alpha value is -3.94. The number of nitrogens with one attached hydrogen (secondary N) is 1. The van der Waals surface area contributed by atoms with Crippen molar-refractivity contribution in [1.82, 2.24) is 4.90 Å². The van der Waals surface area contributed by atoms with Gasteiger partial charge >= 0.3 is 0 Å². The molecule has 2 amide bonds. The minimum atomic E-state index is -0.310. The van der Waals surface area contributed by atoms with Crippen molar-refractivity contribution in [2.75, 3.05) is 23.3 Å². The van der Waals surface area contributed by atoms with Gasteiger partial charge in [0.05, 0.1) is 22.5 Å². The lowest BCUT2D eigenvalue weighted by molar-refractivity contribution is -0.122. The van der Waals surface area contributed by atoms with Crippen LogP contribution in [0.5, 0.6) is 0 Å². The van der Waals surface area contributed by atoms with E-state index in [1.54, 1.807) is 0 Å². The molecular formula is C46H66N4O4. The summed E-state index contributed by atoms with van der Waals surface area (Å²) in [5, 5.41) is 15.3. The van der Waals surface area contributed by atoms with Crippen LogP contribution >= 0.6 is 0 Å². The van der Waals surface area contributed by atoms with Gasteiger partial charge in [-0.25, -0.2) is 4.99 Å². The van der Waals surface area contributed by atoms with Gasteiger partial charge in [-0.3, -0.25) is 14.4 Å². The first-order chi connectivity index (χ1) is 25.5. The molecule has 1 fully saturated rings. The van der Waals surface area contributed by atoms with Crippen molar-refractivity contribution in [2.24, 2.45) is 22.2 Å². The van der Waals surface area contributed by atoms with Gasteiger partial charge < -0.3 is 20.2 Å². The summed E-state index contributed by atoms with van der Waals surface area (Å²) in [5.41, 5.74) is 6.05. The fourth-order valence-corrected chi connectivity index (χ4v) is 9.08. The van der Waals surface area contributed by atoms with E-state index < -0.39 is 0 Å². The van der Waals surface area contributed by atoms with Gasteiger partial charge in [0.25, 0.3) is 0 Å². The van der Waals surface area contributed by atoms with Gasteiger partial charge in [-0.1, -0.05) is 81.1 Å². The molecule has 5 rings (SSSR count). The summed E-state index contributed by atoms with van der Waals surface area (Å²) in [7, 11) is 0. The van der Waals surface area contributed by atoms with Crippen molar-refractivity contribution in [2.45, 2.75) is 152 Å². The number of carbonyl (C=O) groups is 3. The van der Waals surface area contributed by atoms with E-state index in [2.05, 4.69) is 84.4 Å². The highest BCUT2D eigenvalue weighted by atomic mass is 16.3. The highest BCUT2D eigenvalue weighted by molar-refractivity contribution is 6.42. The number of likely N-dealkylation sites (N-methyl/N-ethyl adjacent to an activating group) is 2. The molecule has 0 aromatic heterocycles. The highest BCUT2D eigenvalue weighted by Crippen LogP contribution is 2.53. The Morgan fingerprint density at radius 2 is 1.43 bits per heavy atom. The molecular weight excluding hydrogens is 673 g/mol. The number of unbranched alkanes of at least 4 members (excludes halogenated alkanes) is 2. The third-order valence-corrected chi connectivity index (χ3v) is 13.4. The number of aliphatic hydroxyl groups excluding tert-OH is 1. The Morgan fingerprint density at radius 3 is 1.98 bits per heavy atom. The Morgan fingerprint density at radius 1 is 0.833 bits per heavy atom. The second-order valence-electron chi connectivity index (χ2n) is 17.0. The summed E-state index contributed by atoms with van der Waals surface area (Å²) in [6, 6.07) is 4.40. The molecule has 1 saturated heterocycles. The SMILES string of the molecule is CCCCC(CC)C(=O)N=C1C=C2C(=C/C1=C1/C(=O)C(c3cc4c(cc3NC(=O)C(CC)CCCC)N(CC)C(C)C4(C)C)=C1O)C(C)(C)C(C)N2CC. The number of aliphatic hydroxyl groups is 1. The van der Waals surface area contributed by atoms with Crippen molar-refractivity contribution in [3.63, 3.8) is 0 Å². The van der Waals surface area contributed by atoms with Crippen molar-refractivity contribution < 1.29 is 19.5 Å². The fraction of sp³-hybridized carbons (Fsp3) is 0.609. The molecule has 1 aromatic carbocycles. The monoisotopic (exact) mass is 739 g/mol. The Bertz CT molecular complexity index is 1840. The number of amides is 2.